The Morgan fingerprint density at radius 3 is 2.64 bits per heavy atom. The van der Waals surface area contributed by atoms with Gasteiger partial charge < -0.3 is 5.11 Å². The highest BCUT2D eigenvalue weighted by molar-refractivity contribution is 5.84. The summed E-state index contributed by atoms with van der Waals surface area (Å²) in [7, 11) is 0. The Hall–Kier alpha value is -2.38. The summed E-state index contributed by atoms with van der Waals surface area (Å²) in [5.41, 5.74) is 0.862. The Morgan fingerprint density at radius 1 is 1.32 bits per heavy atom. The van der Waals surface area contributed by atoms with Gasteiger partial charge >= 0.3 is 5.69 Å². The van der Waals surface area contributed by atoms with E-state index in [2.05, 4.69) is 15.5 Å². The highest BCUT2D eigenvalue weighted by Crippen LogP contribution is 2.28. The maximum Gasteiger partial charge on any atom is 0.331 e. The molecule has 0 aromatic carbocycles. The fraction of sp³-hybridized carbons (Fsp3) is 0.647. The molecule has 1 aliphatic rings. The predicted octanol–water partition coefficient (Wildman–Crippen LogP) is 1.78. The van der Waals surface area contributed by atoms with Crippen LogP contribution in [0.3, 0.4) is 0 Å². The average molecular weight is 350 g/mol. The molecule has 1 aromatic heterocycles. The van der Waals surface area contributed by atoms with Gasteiger partial charge in [0.05, 0.1) is 6.21 Å². The second kappa shape index (κ2) is 9.19. The van der Waals surface area contributed by atoms with Crippen molar-refractivity contribution in [3.8, 4) is 5.88 Å². The lowest BCUT2D eigenvalue weighted by Gasteiger charge is -2.19. The van der Waals surface area contributed by atoms with Crippen molar-refractivity contribution in [1.29, 1.82) is 0 Å². The normalized spacial score (nSPS) is 16.0. The number of amides is 1. The van der Waals surface area contributed by atoms with E-state index < -0.39 is 17.1 Å². The first kappa shape index (κ1) is 19.0. The zero-order chi connectivity index (χ0) is 18.2. The molecule has 1 saturated carbocycles. The van der Waals surface area contributed by atoms with Gasteiger partial charge in [0, 0.05) is 12.5 Å². The first-order valence-electron chi connectivity index (χ1n) is 8.94. The number of unbranched alkanes of at least 4 members (excludes halogenated alkanes) is 1. The zero-order valence-corrected chi connectivity index (χ0v) is 14.6. The van der Waals surface area contributed by atoms with Crippen LogP contribution in [0.25, 0.3) is 0 Å². The van der Waals surface area contributed by atoms with Crippen LogP contribution in [-0.2, 0) is 4.79 Å². The van der Waals surface area contributed by atoms with Crippen LogP contribution in [0.1, 0.15) is 76.3 Å². The molecular weight excluding hydrogens is 324 g/mol. The molecule has 0 radical (unpaired) electrons. The predicted molar refractivity (Wildman–Crippen MR) is 95.0 cm³/mol. The highest BCUT2D eigenvalue weighted by atomic mass is 16.3. The molecule has 8 nitrogen and oxygen atoms in total. The van der Waals surface area contributed by atoms with Crippen LogP contribution < -0.4 is 16.7 Å². The summed E-state index contributed by atoms with van der Waals surface area (Å²) >= 11 is 0. The standard InChI is InChI=1S/C17H26N4O4/c1-2-3-10-14(22)20-18-11-13-15(23)19-17(25)21(16(13)24)12-8-6-4-5-7-9-12/h11-12,24H,2-10H2,1H3,(H,20,22)(H,19,23,25)/b18-11+. The lowest BCUT2D eigenvalue weighted by molar-refractivity contribution is -0.121. The lowest BCUT2D eigenvalue weighted by Crippen LogP contribution is -2.34. The van der Waals surface area contributed by atoms with Gasteiger partial charge in [-0.05, 0) is 19.3 Å². The molecule has 2 rings (SSSR count). The highest BCUT2D eigenvalue weighted by Gasteiger charge is 2.21. The summed E-state index contributed by atoms with van der Waals surface area (Å²) in [6.07, 6.45) is 8.81. The Bertz CT molecular complexity index is 727. The maximum atomic E-state index is 12.2. The fourth-order valence-corrected chi connectivity index (χ4v) is 3.09. The van der Waals surface area contributed by atoms with Gasteiger partial charge in [0.25, 0.3) is 5.56 Å². The molecular formula is C17H26N4O4. The topological polar surface area (TPSA) is 117 Å². The molecule has 0 bridgehead atoms. The smallest absolute Gasteiger partial charge is 0.331 e. The summed E-state index contributed by atoms with van der Waals surface area (Å²) < 4.78 is 1.24. The van der Waals surface area contributed by atoms with Crippen molar-refractivity contribution >= 4 is 12.1 Å². The summed E-state index contributed by atoms with van der Waals surface area (Å²) in [6.45, 7) is 1.98. The van der Waals surface area contributed by atoms with E-state index in [4.69, 9.17) is 0 Å². The number of aromatic hydroxyl groups is 1. The molecule has 0 saturated heterocycles. The summed E-state index contributed by atoms with van der Waals surface area (Å²) in [5, 5.41) is 14.2. The third kappa shape index (κ3) is 5.04. The zero-order valence-electron chi connectivity index (χ0n) is 14.6. The first-order valence-corrected chi connectivity index (χ1v) is 8.94. The lowest BCUT2D eigenvalue weighted by atomic mass is 10.1. The van der Waals surface area contributed by atoms with Crippen LogP contribution in [0.15, 0.2) is 14.7 Å². The summed E-state index contributed by atoms with van der Waals surface area (Å²) in [5.74, 6) is -0.654. The molecule has 25 heavy (non-hydrogen) atoms. The van der Waals surface area contributed by atoms with Crippen LogP contribution in [0.4, 0.5) is 0 Å². The molecule has 8 heteroatoms. The van der Waals surface area contributed by atoms with E-state index in [-0.39, 0.29) is 17.5 Å². The van der Waals surface area contributed by atoms with E-state index in [9.17, 15) is 19.5 Å². The molecule has 0 unspecified atom stereocenters. The van der Waals surface area contributed by atoms with Gasteiger partial charge in [-0.2, -0.15) is 5.10 Å². The molecule has 1 aromatic rings. The number of H-pyrrole nitrogens is 1. The van der Waals surface area contributed by atoms with Crippen molar-refractivity contribution in [3.05, 3.63) is 26.4 Å². The van der Waals surface area contributed by atoms with E-state index in [1.165, 1.54) is 4.57 Å². The fourth-order valence-electron chi connectivity index (χ4n) is 3.09. The van der Waals surface area contributed by atoms with Gasteiger partial charge in [-0.25, -0.2) is 10.2 Å². The van der Waals surface area contributed by atoms with Crippen LogP contribution in [0, 0.1) is 0 Å². The molecule has 1 fully saturated rings. The number of hydrogen-bond acceptors (Lipinski definition) is 5. The average Bonchev–Trinajstić information content (AvgIpc) is 2.85. The van der Waals surface area contributed by atoms with Gasteiger partial charge in [0.1, 0.15) is 5.56 Å². The molecule has 0 spiro atoms. The quantitative estimate of drug-likeness (QED) is 0.412. The first-order chi connectivity index (χ1) is 12.0. The number of carbonyl (C=O) groups excluding carboxylic acids is 1. The Kier molecular flexibility index (Phi) is 6.97. The molecule has 1 heterocycles. The number of hydrogen-bond donors (Lipinski definition) is 3. The molecule has 0 atom stereocenters. The Labute approximate surface area is 146 Å². The van der Waals surface area contributed by atoms with Crippen molar-refractivity contribution in [1.82, 2.24) is 15.0 Å². The van der Waals surface area contributed by atoms with Crippen molar-refractivity contribution < 1.29 is 9.90 Å². The SMILES string of the molecule is CCCCC(=O)N/N=C/c1c(O)n(C2CCCCCC2)c(=O)[nH]c1=O. The number of aromatic nitrogens is 2. The van der Waals surface area contributed by atoms with E-state index in [1.807, 2.05) is 6.92 Å². The van der Waals surface area contributed by atoms with Crippen molar-refractivity contribution in [3.63, 3.8) is 0 Å². The van der Waals surface area contributed by atoms with Gasteiger partial charge in [-0.15, -0.1) is 0 Å². The minimum Gasteiger partial charge on any atom is -0.494 e. The Morgan fingerprint density at radius 2 is 2.00 bits per heavy atom. The monoisotopic (exact) mass is 350 g/mol. The number of hydrazone groups is 1. The number of nitrogens with one attached hydrogen (secondary N) is 2. The van der Waals surface area contributed by atoms with Gasteiger partial charge in [0.15, 0.2) is 0 Å². The van der Waals surface area contributed by atoms with Gasteiger partial charge in [0.2, 0.25) is 11.8 Å². The summed E-state index contributed by atoms with van der Waals surface area (Å²) in [4.78, 5) is 37.9. The number of aromatic amines is 1. The largest absolute Gasteiger partial charge is 0.494 e. The molecule has 138 valence electrons. The third-order valence-electron chi connectivity index (χ3n) is 4.48. The molecule has 0 aliphatic heterocycles. The van der Waals surface area contributed by atoms with E-state index in [0.29, 0.717) is 6.42 Å². The van der Waals surface area contributed by atoms with Crippen LogP contribution in [0.2, 0.25) is 0 Å². The molecule has 1 aliphatic carbocycles. The number of nitrogens with zero attached hydrogens (tertiary/aromatic N) is 2. The second-order valence-electron chi connectivity index (χ2n) is 6.41. The Balaban J connectivity index is 2.23. The van der Waals surface area contributed by atoms with Gasteiger partial charge in [-0.1, -0.05) is 39.0 Å². The van der Waals surface area contributed by atoms with Crippen LogP contribution in [-0.4, -0.2) is 26.8 Å². The van der Waals surface area contributed by atoms with Gasteiger partial charge in [-0.3, -0.25) is 19.1 Å². The maximum absolute atomic E-state index is 12.2. The number of rotatable bonds is 6. The van der Waals surface area contributed by atoms with E-state index in [0.717, 1.165) is 57.6 Å². The van der Waals surface area contributed by atoms with E-state index >= 15 is 0 Å². The number of carbonyl (C=O) groups is 1. The van der Waals surface area contributed by atoms with Crippen LogP contribution >= 0.6 is 0 Å². The van der Waals surface area contributed by atoms with Crippen molar-refractivity contribution in [2.45, 2.75) is 70.8 Å². The molecule has 3 N–H and O–H groups in total. The minimum atomic E-state index is -0.723. The summed E-state index contributed by atoms with van der Waals surface area (Å²) in [6, 6.07) is -0.141. The van der Waals surface area contributed by atoms with E-state index in [1.54, 1.807) is 0 Å². The van der Waals surface area contributed by atoms with Crippen molar-refractivity contribution in [2.75, 3.05) is 0 Å². The minimum absolute atomic E-state index is 0.125. The van der Waals surface area contributed by atoms with Crippen molar-refractivity contribution in [2.24, 2.45) is 5.10 Å². The molecule has 1 amide bonds. The second-order valence-corrected chi connectivity index (χ2v) is 6.41. The third-order valence-corrected chi connectivity index (χ3v) is 4.48. The van der Waals surface area contributed by atoms with Crippen LogP contribution in [0.5, 0.6) is 5.88 Å².